The van der Waals surface area contributed by atoms with Gasteiger partial charge in [0, 0.05) is 18.3 Å². The van der Waals surface area contributed by atoms with Gasteiger partial charge in [-0.25, -0.2) is 4.98 Å². The van der Waals surface area contributed by atoms with Crippen molar-refractivity contribution in [2.45, 2.75) is 6.42 Å². The smallest absolute Gasteiger partial charge is 0.231 e. The molecule has 5 nitrogen and oxygen atoms in total. The van der Waals surface area contributed by atoms with Gasteiger partial charge in [0.05, 0.1) is 18.5 Å². The van der Waals surface area contributed by atoms with Crippen LogP contribution in [0.2, 0.25) is 0 Å². The Labute approximate surface area is 105 Å². The molecule has 0 aromatic carbocycles. The summed E-state index contributed by atoms with van der Waals surface area (Å²) in [6.45, 7) is 0.419. The van der Waals surface area contributed by atoms with E-state index in [1.807, 2.05) is 24.3 Å². The van der Waals surface area contributed by atoms with Gasteiger partial charge in [-0.3, -0.25) is 4.98 Å². The van der Waals surface area contributed by atoms with Crippen molar-refractivity contribution in [3.63, 3.8) is 0 Å². The van der Waals surface area contributed by atoms with Gasteiger partial charge in [-0.15, -0.1) is 0 Å². The maximum atomic E-state index is 8.92. The lowest BCUT2D eigenvalue weighted by Gasteiger charge is -2.06. The van der Waals surface area contributed by atoms with Crippen molar-refractivity contribution < 1.29 is 4.74 Å². The standard InChI is InChI=1S/C13H12N4O/c14-8-10-7-11(15)9-17-13(10)18-6-4-12-3-1-2-5-16-12/h1-3,5,7,9H,4,6,15H2. The Hall–Kier alpha value is -2.61. The molecule has 0 saturated carbocycles. The van der Waals surface area contributed by atoms with Gasteiger partial charge in [0.15, 0.2) is 0 Å². The van der Waals surface area contributed by atoms with Crippen molar-refractivity contribution in [1.29, 1.82) is 5.26 Å². The lowest BCUT2D eigenvalue weighted by atomic mass is 10.2. The van der Waals surface area contributed by atoms with Crippen LogP contribution in [0.3, 0.4) is 0 Å². The topological polar surface area (TPSA) is 84.8 Å². The summed E-state index contributed by atoms with van der Waals surface area (Å²) >= 11 is 0. The van der Waals surface area contributed by atoms with Gasteiger partial charge in [0.1, 0.15) is 11.6 Å². The summed E-state index contributed by atoms with van der Waals surface area (Å²) in [7, 11) is 0. The quantitative estimate of drug-likeness (QED) is 0.876. The van der Waals surface area contributed by atoms with Gasteiger partial charge in [-0.05, 0) is 18.2 Å². The molecule has 0 amide bonds. The fourth-order valence-corrected chi connectivity index (χ4v) is 1.46. The largest absolute Gasteiger partial charge is 0.476 e. The Balaban J connectivity index is 1.97. The molecular weight excluding hydrogens is 228 g/mol. The molecule has 2 heterocycles. The maximum absolute atomic E-state index is 8.92. The van der Waals surface area contributed by atoms with Crippen molar-refractivity contribution in [3.05, 3.63) is 47.9 Å². The number of aromatic nitrogens is 2. The molecule has 0 unspecified atom stereocenters. The van der Waals surface area contributed by atoms with E-state index in [4.69, 9.17) is 15.7 Å². The average Bonchev–Trinajstić information content (AvgIpc) is 2.41. The number of rotatable bonds is 4. The number of pyridine rings is 2. The number of ether oxygens (including phenoxy) is 1. The molecule has 0 aliphatic heterocycles. The minimum Gasteiger partial charge on any atom is -0.476 e. The molecule has 90 valence electrons. The third-order valence-corrected chi connectivity index (χ3v) is 2.32. The first kappa shape index (κ1) is 11.9. The summed E-state index contributed by atoms with van der Waals surface area (Å²) < 4.78 is 5.46. The van der Waals surface area contributed by atoms with Gasteiger partial charge < -0.3 is 10.5 Å². The molecule has 5 heteroatoms. The van der Waals surface area contributed by atoms with Gasteiger partial charge in [-0.1, -0.05) is 6.07 Å². The van der Waals surface area contributed by atoms with E-state index in [0.717, 1.165) is 5.69 Å². The fraction of sp³-hybridized carbons (Fsp3) is 0.154. The van der Waals surface area contributed by atoms with Gasteiger partial charge in [0.2, 0.25) is 5.88 Å². The first-order valence-corrected chi connectivity index (χ1v) is 5.48. The van der Waals surface area contributed by atoms with Crippen LogP contribution in [0.1, 0.15) is 11.3 Å². The summed E-state index contributed by atoms with van der Waals surface area (Å²) in [5, 5.41) is 8.92. The monoisotopic (exact) mass is 240 g/mol. The maximum Gasteiger partial charge on any atom is 0.231 e. The third-order valence-electron chi connectivity index (χ3n) is 2.32. The molecule has 0 aliphatic carbocycles. The second-order valence-corrected chi connectivity index (χ2v) is 3.65. The van der Waals surface area contributed by atoms with E-state index in [1.54, 1.807) is 12.3 Å². The highest BCUT2D eigenvalue weighted by atomic mass is 16.5. The highest BCUT2D eigenvalue weighted by Crippen LogP contribution is 2.16. The van der Waals surface area contributed by atoms with Gasteiger partial charge >= 0.3 is 0 Å². The minimum atomic E-state index is 0.308. The number of nitrogens with zero attached hydrogens (tertiary/aromatic N) is 3. The van der Waals surface area contributed by atoms with Crippen LogP contribution in [0.25, 0.3) is 0 Å². The Morgan fingerprint density at radius 3 is 2.94 bits per heavy atom. The van der Waals surface area contributed by atoms with E-state index >= 15 is 0 Å². The zero-order valence-electron chi connectivity index (χ0n) is 9.71. The van der Waals surface area contributed by atoms with Crippen LogP contribution in [0.5, 0.6) is 5.88 Å². The molecular formula is C13H12N4O. The zero-order chi connectivity index (χ0) is 12.8. The summed E-state index contributed by atoms with van der Waals surface area (Å²) in [4.78, 5) is 8.17. The first-order chi connectivity index (χ1) is 8.79. The predicted octanol–water partition coefficient (Wildman–Crippen LogP) is 1.55. The van der Waals surface area contributed by atoms with E-state index in [-0.39, 0.29) is 0 Å². The number of anilines is 1. The van der Waals surface area contributed by atoms with Crippen molar-refractivity contribution in [3.8, 4) is 11.9 Å². The number of nitrogen functional groups attached to an aromatic ring is 1. The van der Waals surface area contributed by atoms with Crippen LogP contribution in [0.15, 0.2) is 36.7 Å². The van der Waals surface area contributed by atoms with E-state index in [1.165, 1.54) is 6.20 Å². The van der Waals surface area contributed by atoms with Crippen LogP contribution in [-0.4, -0.2) is 16.6 Å². The number of nitrogens with two attached hydrogens (primary N) is 1. The van der Waals surface area contributed by atoms with Crippen LogP contribution in [0, 0.1) is 11.3 Å². The van der Waals surface area contributed by atoms with Crippen LogP contribution in [0.4, 0.5) is 5.69 Å². The third kappa shape index (κ3) is 2.95. The van der Waals surface area contributed by atoms with Crippen LogP contribution < -0.4 is 10.5 Å². The lowest BCUT2D eigenvalue weighted by molar-refractivity contribution is 0.307. The molecule has 0 bridgehead atoms. The Morgan fingerprint density at radius 2 is 2.22 bits per heavy atom. The molecule has 0 saturated heterocycles. The van der Waals surface area contributed by atoms with E-state index in [2.05, 4.69) is 9.97 Å². The van der Waals surface area contributed by atoms with E-state index in [0.29, 0.717) is 30.2 Å². The molecule has 0 fully saturated rings. The molecule has 18 heavy (non-hydrogen) atoms. The van der Waals surface area contributed by atoms with Gasteiger partial charge in [0.25, 0.3) is 0 Å². The van der Waals surface area contributed by atoms with Crippen LogP contribution in [-0.2, 0) is 6.42 Å². The summed E-state index contributed by atoms with van der Waals surface area (Å²) in [5.74, 6) is 0.308. The SMILES string of the molecule is N#Cc1cc(N)cnc1OCCc1ccccn1. The summed E-state index contributed by atoms with van der Waals surface area (Å²) in [5.41, 5.74) is 7.27. The van der Waals surface area contributed by atoms with Crippen molar-refractivity contribution in [1.82, 2.24) is 9.97 Å². The Bertz CT molecular complexity index is 563. The van der Waals surface area contributed by atoms with Crippen LogP contribution >= 0.6 is 0 Å². The summed E-state index contributed by atoms with van der Waals surface area (Å²) in [6.07, 6.45) is 3.87. The minimum absolute atomic E-state index is 0.308. The Morgan fingerprint density at radius 1 is 1.33 bits per heavy atom. The number of nitriles is 1. The first-order valence-electron chi connectivity index (χ1n) is 5.48. The van der Waals surface area contributed by atoms with E-state index < -0.39 is 0 Å². The second kappa shape index (κ2) is 5.64. The molecule has 0 aliphatic rings. The predicted molar refractivity (Wildman–Crippen MR) is 66.8 cm³/mol. The van der Waals surface area contributed by atoms with E-state index in [9.17, 15) is 0 Å². The second-order valence-electron chi connectivity index (χ2n) is 3.65. The molecule has 2 rings (SSSR count). The zero-order valence-corrected chi connectivity index (χ0v) is 9.71. The summed E-state index contributed by atoms with van der Waals surface area (Å²) in [6, 6.07) is 9.25. The molecule has 0 spiro atoms. The molecule has 0 radical (unpaired) electrons. The lowest BCUT2D eigenvalue weighted by Crippen LogP contribution is -2.05. The molecule has 2 N–H and O–H groups in total. The van der Waals surface area contributed by atoms with Gasteiger partial charge in [-0.2, -0.15) is 5.26 Å². The molecule has 0 atom stereocenters. The molecule has 2 aromatic rings. The van der Waals surface area contributed by atoms with Crippen molar-refractivity contribution in [2.75, 3.05) is 12.3 Å². The van der Waals surface area contributed by atoms with Crippen molar-refractivity contribution >= 4 is 5.69 Å². The number of hydrogen-bond acceptors (Lipinski definition) is 5. The Kier molecular flexibility index (Phi) is 3.72. The van der Waals surface area contributed by atoms with Crippen molar-refractivity contribution in [2.24, 2.45) is 0 Å². The highest BCUT2D eigenvalue weighted by Gasteiger charge is 2.05. The number of hydrogen-bond donors (Lipinski definition) is 1. The normalized spacial score (nSPS) is 9.72. The fourth-order valence-electron chi connectivity index (χ4n) is 1.46. The molecule has 2 aromatic heterocycles. The average molecular weight is 240 g/mol. The highest BCUT2D eigenvalue weighted by molar-refractivity contribution is 5.48.